The number of ether oxygens (including phenoxy) is 1. The van der Waals surface area contributed by atoms with Crippen LogP contribution < -0.4 is 5.56 Å². The van der Waals surface area contributed by atoms with Crippen molar-refractivity contribution >= 4 is 16.9 Å². The summed E-state index contributed by atoms with van der Waals surface area (Å²) in [5, 5.41) is 0.517. The van der Waals surface area contributed by atoms with Crippen LogP contribution in [0.4, 0.5) is 0 Å². The van der Waals surface area contributed by atoms with Crippen molar-refractivity contribution < 1.29 is 9.53 Å². The van der Waals surface area contributed by atoms with Crippen LogP contribution in [0.25, 0.3) is 28.0 Å². The maximum Gasteiger partial charge on any atom is 0.338 e. The van der Waals surface area contributed by atoms with E-state index in [2.05, 4.69) is 0 Å². The molecule has 4 rings (SSSR count). The smallest absolute Gasteiger partial charge is 0.338 e. The summed E-state index contributed by atoms with van der Waals surface area (Å²) in [5.74, 6) is 0.0951. The zero-order valence-corrected chi connectivity index (χ0v) is 15.3. The summed E-state index contributed by atoms with van der Waals surface area (Å²) in [6.45, 7) is 2.04. The minimum atomic E-state index is -0.424. The van der Waals surface area contributed by atoms with Gasteiger partial charge in [0.2, 0.25) is 0 Å². The van der Waals surface area contributed by atoms with Crippen LogP contribution in [0.2, 0.25) is 0 Å². The van der Waals surface area contributed by atoms with Gasteiger partial charge in [-0.1, -0.05) is 48.5 Å². The first-order valence-corrected chi connectivity index (χ1v) is 9.04. The lowest BCUT2D eigenvalue weighted by atomic mass is 10.1. The quantitative estimate of drug-likeness (QED) is 0.505. The second-order valence-electron chi connectivity index (χ2n) is 6.23. The highest BCUT2D eigenvalue weighted by molar-refractivity contribution is 5.90. The van der Waals surface area contributed by atoms with E-state index in [0.717, 1.165) is 5.56 Å². The highest BCUT2D eigenvalue weighted by Gasteiger charge is 2.16. The first kappa shape index (κ1) is 17.7. The Labute approximate surface area is 161 Å². The van der Waals surface area contributed by atoms with Gasteiger partial charge in [0.15, 0.2) is 0 Å². The van der Waals surface area contributed by atoms with E-state index in [1.807, 2.05) is 48.5 Å². The van der Waals surface area contributed by atoms with Crippen LogP contribution in [0.15, 0.2) is 83.7 Å². The zero-order chi connectivity index (χ0) is 19.5. The first-order chi connectivity index (χ1) is 13.7. The van der Waals surface area contributed by atoms with Gasteiger partial charge in [-0.15, -0.1) is 0 Å². The highest BCUT2D eigenvalue weighted by Crippen LogP contribution is 2.22. The molecule has 1 heterocycles. The molecule has 0 saturated heterocycles. The molecule has 138 valence electrons. The number of esters is 1. The van der Waals surface area contributed by atoms with Crippen LogP contribution in [0.5, 0.6) is 0 Å². The van der Waals surface area contributed by atoms with Gasteiger partial charge in [-0.3, -0.25) is 9.36 Å². The lowest BCUT2D eigenvalue weighted by molar-refractivity contribution is 0.0526. The largest absolute Gasteiger partial charge is 0.462 e. The first-order valence-electron chi connectivity index (χ1n) is 9.04. The average Bonchev–Trinajstić information content (AvgIpc) is 2.74. The van der Waals surface area contributed by atoms with Crippen LogP contribution in [0.1, 0.15) is 17.3 Å². The molecule has 0 spiro atoms. The van der Waals surface area contributed by atoms with E-state index in [0.29, 0.717) is 28.0 Å². The van der Waals surface area contributed by atoms with Crippen molar-refractivity contribution in [3.63, 3.8) is 0 Å². The molecule has 0 unspecified atom stereocenters. The highest BCUT2D eigenvalue weighted by atomic mass is 16.5. The Hall–Kier alpha value is -3.73. The summed E-state index contributed by atoms with van der Waals surface area (Å²) < 4.78 is 6.63. The standard InChI is InChI=1S/C23H18N2O3/c1-2-28-23(27)17-11-8-12-18(15-17)25-21(16-9-4-3-5-10-16)24-20-14-7-6-13-19(20)22(25)26/h3-15H,2H2,1H3. The van der Waals surface area contributed by atoms with Gasteiger partial charge < -0.3 is 4.74 Å². The number of benzene rings is 3. The van der Waals surface area contributed by atoms with Crippen molar-refractivity contribution in [2.24, 2.45) is 0 Å². The molecule has 4 aromatic rings. The van der Waals surface area contributed by atoms with Gasteiger partial charge in [0.25, 0.3) is 5.56 Å². The summed E-state index contributed by atoms with van der Waals surface area (Å²) >= 11 is 0. The summed E-state index contributed by atoms with van der Waals surface area (Å²) in [5.41, 5.74) is 2.20. The SMILES string of the molecule is CCOC(=O)c1cccc(-n2c(-c3ccccc3)nc3ccccc3c2=O)c1. The number of hydrogen-bond acceptors (Lipinski definition) is 4. The van der Waals surface area contributed by atoms with Gasteiger partial charge >= 0.3 is 5.97 Å². The Morgan fingerprint density at radius 1 is 0.964 bits per heavy atom. The van der Waals surface area contributed by atoms with Gasteiger partial charge in [-0.25, -0.2) is 9.78 Å². The van der Waals surface area contributed by atoms with E-state index in [9.17, 15) is 9.59 Å². The Morgan fingerprint density at radius 3 is 2.50 bits per heavy atom. The molecule has 0 atom stereocenters. The van der Waals surface area contributed by atoms with Gasteiger partial charge in [0.05, 0.1) is 28.8 Å². The summed E-state index contributed by atoms with van der Waals surface area (Å²) in [7, 11) is 0. The number of carbonyl (C=O) groups is 1. The van der Waals surface area contributed by atoms with Crippen LogP contribution >= 0.6 is 0 Å². The lowest BCUT2D eigenvalue weighted by Crippen LogP contribution is -2.22. The van der Waals surface area contributed by atoms with Crippen molar-refractivity contribution in [3.05, 3.63) is 94.8 Å². The molecule has 0 bridgehead atoms. The van der Waals surface area contributed by atoms with Gasteiger partial charge in [0.1, 0.15) is 5.82 Å². The predicted molar refractivity (Wildman–Crippen MR) is 109 cm³/mol. The van der Waals surface area contributed by atoms with E-state index < -0.39 is 5.97 Å². The normalized spacial score (nSPS) is 10.8. The molecular weight excluding hydrogens is 352 g/mol. The third kappa shape index (κ3) is 3.18. The van der Waals surface area contributed by atoms with E-state index in [4.69, 9.17) is 9.72 Å². The third-order valence-corrected chi connectivity index (χ3v) is 4.42. The molecular formula is C23H18N2O3. The average molecular weight is 370 g/mol. The number of nitrogens with zero attached hydrogens (tertiary/aromatic N) is 2. The van der Waals surface area contributed by atoms with E-state index in [1.165, 1.54) is 0 Å². The molecule has 0 aliphatic carbocycles. The number of rotatable bonds is 4. The minimum Gasteiger partial charge on any atom is -0.462 e. The number of fused-ring (bicyclic) bond motifs is 1. The molecule has 3 aromatic carbocycles. The van der Waals surface area contributed by atoms with Gasteiger partial charge in [-0.2, -0.15) is 0 Å². The fourth-order valence-electron chi connectivity index (χ4n) is 3.14. The number of carbonyl (C=O) groups excluding carboxylic acids is 1. The molecule has 5 nitrogen and oxygen atoms in total. The Morgan fingerprint density at radius 2 is 1.71 bits per heavy atom. The summed E-state index contributed by atoms with van der Waals surface area (Å²) in [6.07, 6.45) is 0. The fraction of sp³-hybridized carbons (Fsp3) is 0.0870. The molecule has 0 saturated carbocycles. The number of aromatic nitrogens is 2. The Balaban J connectivity index is 2.01. The number of para-hydroxylation sites is 1. The fourth-order valence-corrected chi connectivity index (χ4v) is 3.14. The molecule has 1 aromatic heterocycles. The summed E-state index contributed by atoms with van der Waals surface area (Å²) in [6, 6.07) is 23.6. The Bertz CT molecular complexity index is 1210. The Kier molecular flexibility index (Phi) is 4.72. The second-order valence-corrected chi connectivity index (χ2v) is 6.23. The monoisotopic (exact) mass is 370 g/mol. The van der Waals surface area contributed by atoms with Gasteiger partial charge in [-0.05, 0) is 37.3 Å². The van der Waals surface area contributed by atoms with Crippen LogP contribution in [0.3, 0.4) is 0 Å². The molecule has 28 heavy (non-hydrogen) atoms. The molecule has 0 aliphatic heterocycles. The van der Waals surface area contributed by atoms with Crippen molar-refractivity contribution in [3.8, 4) is 17.1 Å². The lowest BCUT2D eigenvalue weighted by Gasteiger charge is -2.14. The maximum absolute atomic E-state index is 13.3. The van der Waals surface area contributed by atoms with Gasteiger partial charge in [0, 0.05) is 5.56 Å². The van der Waals surface area contributed by atoms with Crippen LogP contribution in [0, 0.1) is 0 Å². The molecule has 0 N–H and O–H groups in total. The molecule has 5 heteroatoms. The summed E-state index contributed by atoms with van der Waals surface area (Å²) in [4.78, 5) is 30.2. The van der Waals surface area contributed by atoms with E-state index >= 15 is 0 Å². The minimum absolute atomic E-state index is 0.189. The van der Waals surface area contributed by atoms with Crippen LogP contribution in [-0.4, -0.2) is 22.1 Å². The zero-order valence-electron chi connectivity index (χ0n) is 15.3. The van der Waals surface area contributed by atoms with Crippen molar-refractivity contribution in [2.45, 2.75) is 6.92 Å². The maximum atomic E-state index is 13.3. The second kappa shape index (κ2) is 7.48. The molecule has 0 aliphatic rings. The molecule has 0 fully saturated rings. The van der Waals surface area contributed by atoms with Crippen LogP contribution in [-0.2, 0) is 4.74 Å². The van der Waals surface area contributed by atoms with Crippen molar-refractivity contribution in [2.75, 3.05) is 6.61 Å². The third-order valence-electron chi connectivity index (χ3n) is 4.42. The molecule has 0 radical (unpaired) electrons. The van der Waals surface area contributed by atoms with Crippen molar-refractivity contribution in [1.29, 1.82) is 0 Å². The topological polar surface area (TPSA) is 61.2 Å². The molecule has 0 amide bonds. The van der Waals surface area contributed by atoms with Crippen molar-refractivity contribution in [1.82, 2.24) is 9.55 Å². The predicted octanol–water partition coefficient (Wildman–Crippen LogP) is 4.23. The number of hydrogen-bond donors (Lipinski definition) is 0. The van der Waals surface area contributed by atoms with E-state index in [1.54, 1.807) is 41.8 Å². The van der Waals surface area contributed by atoms with E-state index in [-0.39, 0.29) is 12.2 Å².